The maximum atomic E-state index is 12.0. The van der Waals surface area contributed by atoms with Crippen LogP contribution in [0.4, 0.5) is 5.82 Å². The molecule has 4 heterocycles. The van der Waals surface area contributed by atoms with Crippen molar-refractivity contribution in [3.8, 4) is 0 Å². The standard InChI is InChI=1S/C15H20N6O2/c1-10-8-19(12-7-11(2)23-15(12)22)5-6-20(10)14-4-3-13-17-16-9-21(13)18-14/h3-4,9-12H,5-8H2,1-2H3/t10-,11-,12+/m1/s1. The average molecular weight is 316 g/mol. The first-order chi connectivity index (χ1) is 11.1. The zero-order chi connectivity index (χ0) is 16.0. The van der Waals surface area contributed by atoms with Crippen LogP contribution >= 0.6 is 0 Å². The van der Waals surface area contributed by atoms with Crippen molar-refractivity contribution in [2.75, 3.05) is 24.5 Å². The highest BCUT2D eigenvalue weighted by molar-refractivity contribution is 5.78. The van der Waals surface area contributed by atoms with Gasteiger partial charge in [0.25, 0.3) is 0 Å². The molecule has 2 aromatic heterocycles. The lowest BCUT2D eigenvalue weighted by Gasteiger charge is -2.41. The second-order valence-electron chi connectivity index (χ2n) is 6.36. The Labute approximate surface area is 134 Å². The van der Waals surface area contributed by atoms with Crippen LogP contribution in [0.5, 0.6) is 0 Å². The molecule has 8 heteroatoms. The Bertz CT molecular complexity index is 732. The third-order valence-electron chi connectivity index (χ3n) is 4.69. The van der Waals surface area contributed by atoms with Gasteiger partial charge in [-0.25, -0.2) is 0 Å². The van der Waals surface area contributed by atoms with E-state index in [-0.39, 0.29) is 24.2 Å². The summed E-state index contributed by atoms with van der Waals surface area (Å²) in [5, 5.41) is 12.4. The molecule has 0 aliphatic carbocycles. The average Bonchev–Trinajstić information content (AvgIpc) is 3.12. The molecule has 23 heavy (non-hydrogen) atoms. The monoisotopic (exact) mass is 316 g/mol. The Balaban J connectivity index is 1.49. The van der Waals surface area contributed by atoms with Crippen molar-refractivity contribution < 1.29 is 9.53 Å². The summed E-state index contributed by atoms with van der Waals surface area (Å²) in [6.45, 7) is 6.61. The summed E-state index contributed by atoms with van der Waals surface area (Å²) in [7, 11) is 0. The first-order valence-corrected chi connectivity index (χ1v) is 8.00. The van der Waals surface area contributed by atoms with Crippen LogP contribution in [0, 0.1) is 0 Å². The lowest BCUT2D eigenvalue weighted by Crippen LogP contribution is -2.56. The topological polar surface area (TPSA) is 75.9 Å². The number of hydrogen-bond donors (Lipinski definition) is 0. The van der Waals surface area contributed by atoms with Crippen molar-refractivity contribution in [2.24, 2.45) is 0 Å². The quantitative estimate of drug-likeness (QED) is 0.739. The molecule has 4 rings (SSSR count). The van der Waals surface area contributed by atoms with Crippen molar-refractivity contribution in [2.45, 2.75) is 38.5 Å². The van der Waals surface area contributed by atoms with Crippen LogP contribution in [0.25, 0.3) is 5.65 Å². The number of anilines is 1. The predicted molar refractivity (Wildman–Crippen MR) is 83.1 cm³/mol. The third kappa shape index (κ3) is 2.52. The lowest BCUT2D eigenvalue weighted by molar-refractivity contribution is -0.145. The van der Waals surface area contributed by atoms with Gasteiger partial charge in [-0.2, -0.15) is 4.52 Å². The number of rotatable bonds is 2. The van der Waals surface area contributed by atoms with Gasteiger partial charge in [0.1, 0.15) is 24.3 Å². The Kier molecular flexibility index (Phi) is 3.41. The van der Waals surface area contributed by atoms with Crippen LogP contribution in [0.15, 0.2) is 18.5 Å². The largest absolute Gasteiger partial charge is 0.461 e. The van der Waals surface area contributed by atoms with E-state index in [4.69, 9.17) is 4.74 Å². The third-order valence-corrected chi connectivity index (χ3v) is 4.69. The number of piperazine rings is 1. The van der Waals surface area contributed by atoms with Gasteiger partial charge in [0, 0.05) is 32.1 Å². The number of cyclic esters (lactones) is 1. The summed E-state index contributed by atoms with van der Waals surface area (Å²) in [4.78, 5) is 16.5. The Hall–Kier alpha value is -2.22. The molecule has 2 aliphatic heterocycles. The van der Waals surface area contributed by atoms with Gasteiger partial charge in [-0.15, -0.1) is 15.3 Å². The zero-order valence-corrected chi connectivity index (χ0v) is 13.3. The Morgan fingerprint density at radius 1 is 1.26 bits per heavy atom. The first-order valence-electron chi connectivity index (χ1n) is 8.00. The number of ether oxygens (including phenoxy) is 1. The maximum Gasteiger partial charge on any atom is 0.323 e. The molecular formula is C15H20N6O2. The molecule has 0 radical (unpaired) electrons. The number of carbonyl (C=O) groups excluding carboxylic acids is 1. The molecule has 0 aromatic carbocycles. The number of esters is 1. The molecule has 0 amide bonds. The summed E-state index contributed by atoms with van der Waals surface area (Å²) in [5.41, 5.74) is 0.739. The second-order valence-corrected chi connectivity index (χ2v) is 6.36. The van der Waals surface area contributed by atoms with E-state index in [9.17, 15) is 4.79 Å². The fourth-order valence-corrected chi connectivity index (χ4v) is 3.51. The molecular weight excluding hydrogens is 296 g/mol. The van der Waals surface area contributed by atoms with E-state index in [1.165, 1.54) is 0 Å². The summed E-state index contributed by atoms with van der Waals surface area (Å²) < 4.78 is 6.97. The molecule has 0 spiro atoms. The fraction of sp³-hybridized carbons (Fsp3) is 0.600. The molecule has 2 fully saturated rings. The van der Waals surface area contributed by atoms with Gasteiger partial charge < -0.3 is 9.64 Å². The van der Waals surface area contributed by atoms with Crippen molar-refractivity contribution in [3.05, 3.63) is 18.5 Å². The van der Waals surface area contributed by atoms with Gasteiger partial charge in [-0.3, -0.25) is 9.69 Å². The van der Waals surface area contributed by atoms with Gasteiger partial charge in [0.05, 0.1) is 0 Å². The summed E-state index contributed by atoms with van der Waals surface area (Å²) >= 11 is 0. The number of fused-ring (bicyclic) bond motifs is 1. The summed E-state index contributed by atoms with van der Waals surface area (Å²) in [5.74, 6) is 0.828. The lowest BCUT2D eigenvalue weighted by atomic mass is 10.1. The summed E-state index contributed by atoms with van der Waals surface area (Å²) in [6, 6.07) is 4.07. The highest BCUT2D eigenvalue weighted by Crippen LogP contribution is 2.25. The van der Waals surface area contributed by atoms with Crippen molar-refractivity contribution in [3.63, 3.8) is 0 Å². The maximum absolute atomic E-state index is 12.0. The van der Waals surface area contributed by atoms with Crippen molar-refractivity contribution in [1.82, 2.24) is 24.7 Å². The van der Waals surface area contributed by atoms with Crippen LogP contribution in [0.1, 0.15) is 20.3 Å². The second kappa shape index (κ2) is 5.45. The van der Waals surface area contributed by atoms with Crippen molar-refractivity contribution >= 4 is 17.4 Å². The molecule has 0 saturated carbocycles. The Morgan fingerprint density at radius 3 is 2.87 bits per heavy atom. The molecule has 2 aromatic rings. The number of aromatic nitrogens is 4. The van der Waals surface area contributed by atoms with Crippen LogP contribution in [-0.2, 0) is 9.53 Å². The highest BCUT2D eigenvalue weighted by atomic mass is 16.6. The molecule has 0 N–H and O–H groups in total. The van der Waals surface area contributed by atoms with E-state index in [0.29, 0.717) is 0 Å². The minimum atomic E-state index is -0.0945. The molecule has 2 aliphatic rings. The van der Waals surface area contributed by atoms with Gasteiger partial charge in [0.2, 0.25) is 0 Å². The highest BCUT2D eigenvalue weighted by Gasteiger charge is 2.39. The van der Waals surface area contributed by atoms with E-state index in [0.717, 1.165) is 37.5 Å². The van der Waals surface area contributed by atoms with Crippen LogP contribution < -0.4 is 4.90 Å². The molecule has 3 atom stereocenters. The number of carbonyl (C=O) groups is 1. The molecule has 0 bridgehead atoms. The Morgan fingerprint density at radius 2 is 2.13 bits per heavy atom. The predicted octanol–water partition coefficient (Wildman–Crippen LogP) is 0.339. The van der Waals surface area contributed by atoms with Crippen LogP contribution in [-0.4, -0.2) is 68.5 Å². The van der Waals surface area contributed by atoms with Crippen LogP contribution in [0.3, 0.4) is 0 Å². The molecule has 2 saturated heterocycles. The molecule has 0 unspecified atom stereocenters. The van der Waals surface area contributed by atoms with Gasteiger partial charge in [0.15, 0.2) is 5.65 Å². The SMILES string of the molecule is C[C@@H]1C[C@H](N2CCN(c3ccc4nncn4n3)[C@H](C)C2)C(=O)O1. The smallest absolute Gasteiger partial charge is 0.323 e. The van der Waals surface area contributed by atoms with E-state index >= 15 is 0 Å². The summed E-state index contributed by atoms with van der Waals surface area (Å²) in [6.07, 6.45) is 2.42. The van der Waals surface area contributed by atoms with E-state index < -0.39 is 0 Å². The van der Waals surface area contributed by atoms with Gasteiger partial charge in [-0.05, 0) is 26.0 Å². The fourth-order valence-electron chi connectivity index (χ4n) is 3.51. The van der Waals surface area contributed by atoms with E-state index in [2.05, 4.69) is 32.0 Å². The zero-order valence-electron chi connectivity index (χ0n) is 13.3. The molecule has 8 nitrogen and oxygen atoms in total. The normalized spacial score (nSPS) is 29.2. The number of hydrogen-bond acceptors (Lipinski definition) is 7. The van der Waals surface area contributed by atoms with Gasteiger partial charge >= 0.3 is 5.97 Å². The van der Waals surface area contributed by atoms with Gasteiger partial charge in [-0.1, -0.05) is 0 Å². The first kappa shape index (κ1) is 14.4. The molecule has 122 valence electrons. The van der Waals surface area contributed by atoms with Crippen molar-refractivity contribution in [1.29, 1.82) is 0 Å². The van der Waals surface area contributed by atoms with Crippen LogP contribution in [0.2, 0.25) is 0 Å². The van der Waals surface area contributed by atoms with E-state index in [1.54, 1.807) is 10.8 Å². The number of nitrogens with zero attached hydrogens (tertiary/aromatic N) is 6. The minimum absolute atomic E-state index is 0.0265. The minimum Gasteiger partial charge on any atom is -0.461 e. The van der Waals surface area contributed by atoms with E-state index in [1.807, 2.05) is 19.1 Å².